The van der Waals surface area contributed by atoms with Crippen LogP contribution in [0.3, 0.4) is 0 Å². The lowest BCUT2D eigenvalue weighted by molar-refractivity contribution is 0.139. The van der Waals surface area contributed by atoms with Crippen molar-refractivity contribution in [1.82, 2.24) is 0 Å². The van der Waals surface area contributed by atoms with Crippen LogP contribution in [0.15, 0.2) is 0 Å². The first kappa shape index (κ1) is 9.31. The van der Waals surface area contributed by atoms with Gasteiger partial charge in [-0.25, -0.2) is 0 Å². The molecule has 0 bridgehead atoms. The van der Waals surface area contributed by atoms with E-state index in [1.807, 2.05) is 0 Å². The normalized spacial score (nSPS) is 24.8. The molecule has 1 nitrogen and oxygen atoms in total. The Bertz CT molecular complexity index is 68.4. The summed E-state index contributed by atoms with van der Waals surface area (Å²) in [6.45, 7) is 0.701. The summed E-state index contributed by atoms with van der Waals surface area (Å²) in [6.07, 6.45) is 1.74. The molecule has 1 heterocycles. The molecule has 0 spiro atoms. The van der Waals surface area contributed by atoms with Gasteiger partial charge in [-0.05, 0) is 6.42 Å². The van der Waals surface area contributed by atoms with Crippen LogP contribution in [0.2, 0.25) is 0 Å². The van der Waals surface area contributed by atoms with E-state index in [1.165, 1.54) is 0 Å². The van der Waals surface area contributed by atoms with Gasteiger partial charge in [0.05, 0.1) is 6.61 Å². The van der Waals surface area contributed by atoms with Gasteiger partial charge < -0.3 is 4.74 Å². The van der Waals surface area contributed by atoms with E-state index >= 15 is 0 Å². The maximum atomic E-state index is 5.51. The molecule has 0 aromatic rings. The van der Waals surface area contributed by atoms with Gasteiger partial charge in [-0.2, -0.15) is 0 Å². The fraction of sp³-hybridized carbons (Fsp3) is 1.00. The number of alkyl halides is 2. The van der Waals surface area contributed by atoms with Crippen LogP contribution in [0, 0.1) is 0 Å². The van der Waals surface area contributed by atoms with Crippen molar-refractivity contribution < 1.29 is 4.74 Å². The lowest BCUT2D eigenvalue weighted by atomic mass is 10.4. The molecule has 1 saturated heterocycles. The summed E-state index contributed by atoms with van der Waals surface area (Å²) in [5.74, 6) is 0. The minimum absolute atomic E-state index is 0. The lowest BCUT2D eigenvalue weighted by Crippen LogP contribution is -2.07. The van der Waals surface area contributed by atoms with E-state index in [0.29, 0.717) is 6.61 Å². The standard InChI is InChI=1S/C4H6Cl2O.Mg/c5-4(6)2-1-3-7-4;/h1-3H2;. The molecule has 0 aromatic carbocycles. The third-order valence-corrected chi connectivity index (χ3v) is 1.52. The molecule has 0 amide bonds. The van der Waals surface area contributed by atoms with E-state index in [9.17, 15) is 0 Å². The van der Waals surface area contributed by atoms with Gasteiger partial charge in [0.25, 0.3) is 0 Å². The van der Waals surface area contributed by atoms with Gasteiger partial charge in [0.15, 0.2) is 0 Å². The summed E-state index contributed by atoms with van der Waals surface area (Å²) in [4.78, 5) is 0. The van der Waals surface area contributed by atoms with Gasteiger partial charge in [0.1, 0.15) is 0 Å². The van der Waals surface area contributed by atoms with E-state index in [1.54, 1.807) is 0 Å². The van der Waals surface area contributed by atoms with Crippen LogP contribution in [-0.2, 0) is 4.74 Å². The lowest BCUT2D eigenvalue weighted by Gasteiger charge is -2.07. The molecule has 44 valence electrons. The molecule has 4 heteroatoms. The van der Waals surface area contributed by atoms with Crippen LogP contribution in [0.4, 0.5) is 0 Å². The van der Waals surface area contributed by atoms with Gasteiger partial charge in [-0.3, -0.25) is 0 Å². The minimum Gasteiger partial charge on any atom is -0.347 e. The Hall–Kier alpha value is 1.31. The van der Waals surface area contributed by atoms with Gasteiger partial charge >= 0.3 is 0 Å². The van der Waals surface area contributed by atoms with Crippen LogP contribution in [0.25, 0.3) is 0 Å². The molecule has 0 atom stereocenters. The van der Waals surface area contributed by atoms with E-state index in [4.69, 9.17) is 27.9 Å². The smallest absolute Gasteiger partial charge is 0.217 e. The second kappa shape index (κ2) is 3.47. The topological polar surface area (TPSA) is 9.23 Å². The molecule has 0 N–H and O–H groups in total. The fourth-order valence-corrected chi connectivity index (χ4v) is 0.993. The van der Waals surface area contributed by atoms with Crippen molar-refractivity contribution in [2.24, 2.45) is 0 Å². The monoisotopic (exact) mass is 164 g/mol. The molecular formula is C4H6Cl2MgO. The third-order valence-electron chi connectivity index (χ3n) is 0.925. The van der Waals surface area contributed by atoms with E-state index in [0.717, 1.165) is 12.8 Å². The maximum Gasteiger partial charge on any atom is 0.217 e. The largest absolute Gasteiger partial charge is 0.347 e. The second-order valence-corrected chi connectivity index (χ2v) is 3.00. The zero-order chi connectivity index (χ0) is 5.33. The van der Waals surface area contributed by atoms with Crippen molar-refractivity contribution >= 4 is 46.3 Å². The summed E-state index contributed by atoms with van der Waals surface area (Å²) in [6, 6.07) is 0. The molecule has 1 rings (SSSR count). The molecule has 0 saturated carbocycles. The first-order chi connectivity index (χ1) is 3.21. The van der Waals surface area contributed by atoms with Gasteiger partial charge in [0.2, 0.25) is 4.52 Å². The molecule has 0 unspecified atom stereocenters. The summed E-state index contributed by atoms with van der Waals surface area (Å²) >= 11 is 11.0. The number of rotatable bonds is 0. The Morgan fingerprint density at radius 1 is 1.38 bits per heavy atom. The predicted molar refractivity (Wildman–Crippen MR) is 35.4 cm³/mol. The van der Waals surface area contributed by atoms with Crippen molar-refractivity contribution in [3.05, 3.63) is 0 Å². The third kappa shape index (κ3) is 2.74. The highest BCUT2D eigenvalue weighted by Gasteiger charge is 2.28. The van der Waals surface area contributed by atoms with Crippen LogP contribution in [-0.4, -0.2) is 34.2 Å². The number of hydrogen-bond donors (Lipinski definition) is 0. The SMILES string of the molecule is ClC1(Cl)CCCO1.[Mg]. The minimum atomic E-state index is -0.861. The van der Waals surface area contributed by atoms with Crippen LogP contribution in [0.5, 0.6) is 0 Å². The maximum absolute atomic E-state index is 5.51. The van der Waals surface area contributed by atoms with Gasteiger partial charge in [-0.15, -0.1) is 0 Å². The summed E-state index contributed by atoms with van der Waals surface area (Å²) < 4.78 is 4.01. The number of hydrogen-bond acceptors (Lipinski definition) is 1. The average Bonchev–Trinajstić information content (AvgIpc) is 1.84. The summed E-state index contributed by atoms with van der Waals surface area (Å²) in [7, 11) is 0. The van der Waals surface area contributed by atoms with Gasteiger partial charge in [-0.1, -0.05) is 23.2 Å². The van der Waals surface area contributed by atoms with Crippen LogP contribution < -0.4 is 0 Å². The quantitative estimate of drug-likeness (QED) is 0.391. The molecule has 0 aliphatic carbocycles. The number of ether oxygens (including phenoxy) is 1. The summed E-state index contributed by atoms with van der Waals surface area (Å²) in [5.41, 5.74) is 0. The highest BCUT2D eigenvalue weighted by molar-refractivity contribution is 6.47. The van der Waals surface area contributed by atoms with Crippen molar-refractivity contribution in [1.29, 1.82) is 0 Å². The Morgan fingerprint density at radius 2 is 2.00 bits per heavy atom. The summed E-state index contributed by atoms with van der Waals surface area (Å²) in [5, 5.41) is 0. The molecule has 1 aliphatic heterocycles. The average molecular weight is 165 g/mol. The second-order valence-electron chi connectivity index (χ2n) is 1.59. The fourth-order valence-electron chi connectivity index (χ4n) is 0.572. The molecule has 1 fully saturated rings. The Balaban J connectivity index is 0.000000490. The van der Waals surface area contributed by atoms with E-state index in [2.05, 4.69) is 0 Å². The first-order valence-corrected chi connectivity index (χ1v) is 2.98. The van der Waals surface area contributed by atoms with Crippen molar-refractivity contribution in [2.45, 2.75) is 17.4 Å². The predicted octanol–water partition coefficient (Wildman–Crippen LogP) is 1.55. The highest BCUT2D eigenvalue weighted by Crippen LogP contribution is 2.33. The Labute approximate surface area is 74.8 Å². The molecular weight excluding hydrogens is 159 g/mol. The highest BCUT2D eigenvalue weighted by atomic mass is 35.5. The zero-order valence-corrected chi connectivity index (χ0v) is 7.42. The van der Waals surface area contributed by atoms with E-state index < -0.39 is 4.52 Å². The molecule has 1 aliphatic rings. The Kier molecular flexibility index (Phi) is 4.03. The van der Waals surface area contributed by atoms with Crippen molar-refractivity contribution in [3.8, 4) is 0 Å². The Morgan fingerprint density at radius 3 is 2.12 bits per heavy atom. The zero-order valence-electron chi connectivity index (χ0n) is 4.49. The first-order valence-electron chi connectivity index (χ1n) is 2.22. The van der Waals surface area contributed by atoms with Crippen molar-refractivity contribution in [2.75, 3.05) is 6.61 Å². The number of halogens is 2. The van der Waals surface area contributed by atoms with Crippen LogP contribution >= 0.6 is 23.2 Å². The van der Waals surface area contributed by atoms with Crippen LogP contribution in [0.1, 0.15) is 12.8 Å². The molecule has 0 aromatic heterocycles. The van der Waals surface area contributed by atoms with Gasteiger partial charge in [0, 0.05) is 29.5 Å². The molecule has 2 radical (unpaired) electrons. The van der Waals surface area contributed by atoms with Crippen molar-refractivity contribution in [3.63, 3.8) is 0 Å². The molecule has 8 heavy (non-hydrogen) atoms. The van der Waals surface area contributed by atoms with E-state index in [-0.39, 0.29) is 23.1 Å².